The van der Waals surface area contributed by atoms with E-state index in [1.165, 1.54) is 16.6 Å². The van der Waals surface area contributed by atoms with E-state index in [0.717, 1.165) is 10.9 Å². The molecule has 2 aliphatic heterocycles. The minimum atomic E-state index is -4.71. The predicted molar refractivity (Wildman–Crippen MR) is 154 cm³/mol. The number of alkyl halides is 3. The fourth-order valence-corrected chi connectivity index (χ4v) is 7.85. The third-order valence-electron chi connectivity index (χ3n) is 8.33. The summed E-state index contributed by atoms with van der Waals surface area (Å²) in [6, 6.07) is 11.5. The normalized spacial score (nSPS) is 19.8. The van der Waals surface area contributed by atoms with Crippen molar-refractivity contribution in [1.29, 1.82) is 0 Å². The first kappa shape index (κ1) is 30.0. The summed E-state index contributed by atoms with van der Waals surface area (Å²) in [6.45, 7) is 3.92. The molecule has 5 heterocycles. The van der Waals surface area contributed by atoms with Gasteiger partial charge in [0.25, 0.3) is 0 Å². The average molecular weight is 630 g/mol. The zero-order valence-corrected chi connectivity index (χ0v) is 24.8. The molecular weight excluding hydrogens is 599 g/mol. The standard InChI is InChI=1S/C29H30F3N7O4S/c1-18-22(8-10-39-26(18)34-35-28(39)29(30,31)32)23(14-25(40)41)20-6-3-5-19(13-20)15-37-17-21-16-36(2)11-12-38(21)27-24(44(37,42)43)7-4-9-33-27/h3-10,13,21,23H,11-12,14-17H2,1-2H3,(H,40,41). The van der Waals surface area contributed by atoms with E-state index in [1.54, 1.807) is 49.5 Å². The summed E-state index contributed by atoms with van der Waals surface area (Å²) in [5, 5.41) is 16.8. The maximum Gasteiger partial charge on any atom is 0.452 e. The predicted octanol–water partition coefficient (Wildman–Crippen LogP) is 3.38. The molecule has 0 amide bonds. The Kier molecular flexibility index (Phi) is 7.58. The largest absolute Gasteiger partial charge is 0.481 e. The molecule has 0 bridgehead atoms. The number of nitrogens with zero attached hydrogens (tertiary/aromatic N) is 7. The number of sulfonamides is 1. The fraction of sp³-hybridized carbons (Fsp3) is 0.379. The molecule has 2 aliphatic rings. The molecular formula is C29H30F3N7O4S. The molecule has 1 fully saturated rings. The lowest BCUT2D eigenvalue weighted by Crippen LogP contribution is -2.55. The van der Waals surface area contributed by atoms with Crippen LogP contribution < -0.4 is 4.90 Å². The second kappa shape index (κ2) is 11.1. The van der Waals surface area contributed by atoms with Gasteiger partial charge in [0.1, 0.15) is 10.7 Å². The number of piperazine rings is 1. The van der Waals surface area contributed by atoms with Gasteiger partial charge in [-0.1, -0.05) is 24.3 Å². The number of hydrogen-bond acceptors (Lipinski definition) is 8. The highest BCUT2D eigenvalue weighted by molar-refractivity contribution is 7.89. The molecule has 4 aromatic rings. The zero-order valence-electron chi connectivity index (χ0n) is 23.9. The number of likely N-dealkylation sites (N-methyl/N-ethyl adjacent to an activating group) is 1. The maximum atomic E-state index is 14.0. The molecule has 2 unspecified atom stereocenters. The lowest BCUT2D eigenvalue weighted by molar-refractivity contribution is -0.145. The van der Waals surface area contributed by atoms with E-state index in [-0.39, 0.29) is 36.1 Å². The van der Waals surface area contributed by atoms with E-state index in [9.17, 15) is 31.5 Å². The molecule has 0 saturated carbocycles. The number of carboxylic acids is 1. The molecule has 0 radical (unpaired) electrons. The number of carbonyl (C=O) groups is 1. The number of pyridine rings is 2. The third-order valence-corrected chi connectivity index (χ3v) is 10.2. The Hall–Kier alpha value is -4.08. The van der Waals surface area contributed by atoms with Crippen LogP contribution in [0.15, 0.2) is 59.8 Å². The first-order valence-corrected chi connectivity index (χ1v) is 15.4. The number of carboxylic acid groups (broad SMARTS) is 1. The van der Waals surface area contributed by atoms with Gasteiger partial charge in [-0.15, -0.1) is 10.2 Å². The van der Waals surface area contributed by atoms with Gasteiger partial charge in [-0.2, -0.15) is 17.5 Å². The van der Waals surface area contributed by atoms with Crippen LogP contribution in [0.25, 0.3) is 5.65 Å². The van der Waals surface area contributed by atoms with Crippen LogP contribution in [0.4, 0.5) is 19.0 Å². The van der Waals surface area contributed by atoms with Crippen LogP contribution in [-0.4, -0.2) is 87.5 Å². The summed E-state index contributed by atoms with van der Waals surface area (Å²) in [7, 11) is -1.94. The van der Waals surface area contributed by atoms with E-state index in [4.69, 9.17) is 0 Å². The van der Waals surface area contributed by atoms with Crippen molar-refractivity contribution < 1.29 is 31.5 Å². The van der Waals surface area contributed by atoms with Crippen molar-refractivity contribution in [3.8, 4) is 0 Å². The molecule has 2 atom stereocenters. The summed E-state index contributed by atoms with van der Waals surface area (Å²) in [5.74, 6) is -2.57. The minimum absolute atomic E-state index is 0.0219. The van der Waals surface area contributed by atoms with Gasteiger partial charge < -0.3 is 14.9 Å². The number of anilines is 1. The van der Waals surface area contributed by atoms with E-state index in [2.05, 4.69) is 25.0 Å². The van der Waals surface area contributed by atoms with Crippen molar-refractivity contribution in [3.63, 3.8) is 0 Å². The molecule has 1 saturated heterocycles. The highest BCUT2D eigenvalue weighted by atomic mass is 32.2. The molecule has 44 heavy (non-hydrogen) atoms. The Morgan fingerprint density at radius 1 is 1.11 bits per heavy atom. The summed E-state index contributed by atoms with van der Waals surface area (Å²) < 4.78 is 70.5. The molecule has 0 spiro atoms. The fourth-order valence-electron chi connectivity index (χ4n) is 6.23. The number of benzene rings is 1. The van der Waals surface area contributed by atoms with Crippen molar-refractivity contribution in [2.75, 3.05) is 38.1 Å². The molecule has 6 rings (SSSR count). The van der Waals surface area contributed by atoms with Crippen LogP contribution >= 0.6 is 0 Å². The molecule has 11 nitrogen and oxygen atoms in total. The van der Waals surface area contributed by atoms with E-state index in [1.807, 2.05) is 7.05 Å². The number of hydrogen-bond donors (Lipinski definition) is 1. The lowest BCUT2D eigenvalue weighted by atomic mass is 9.86. The Bertz CT molecular complexity index is 1850. The Balaban J connectivity index is 1.37. The van der Waals surface area contributed by atoms with Gasteiger partial charge in [0.2, 0.25) is 15.8 Å². The van der Waals surface area contributed by atoms with Crippen molar-refractivity contribution in [3.05, 3.63) is 82.9 Å². The van der Waals surface area contributed by atoms with Gasteiger partial charge in [0.05, 0.1) is 12.5 Å². The van der Waals surface area contributed by atoms with Crippen molar-refractivity contribution in [2.24, 2.45) is 0 Å². The molecule has 0 aliphatic carbocycles. The molecule has 3 aromatic heterocycles. The Labute approximate surface area is 251 Å². The van der Waals surface area contributed by atoms with Gasteiger partial charge in [0, 0.05) is 51.0 Å². The number of aliphatic carboxylic acids is 1. The summed E-state index contributed by atoms with van der Waals surface area (Å²) in [4.78, 5) is 20.8. The third kappa shape index (κ3) is 5.39. The van der Waals surface area contributed by atoms with Gasteiger partial charge in [-0.25, -0.2) is 13.4 Å². The molecule has 1 N–H and O–H groups in total. The first-order chi connectivity index (χ1) is 20.8. The van der Waals surface area contributed by atoms with Crippen LogP contribution in [0.3, 0.4) is 0 Å². The van der Waals surface area contributed by atoms with Crippen LogP contribution in [0, 0.1) is 6.92 Å². The number of fused-ring (bicyclic) bond motifs is 4. The molecule has 232 valence electrons. The SMILES string of the molecule is Cc1c(C(CC(=O)O)c2cccc(CN3CC4CN(C)CCN4c4ncccc4S3(=O)=O)c2)ccn2c(C(F)(F)F)nnc12. The highest BCUT2D eigenvalue weighted by Gasteiger charge is 2.40. The summed E-state index contributed by atoms with van der Waals surface area (Å²) in [5.41, 5.74) is 2.06. The maximum absolute atomic E-state index is 14.0. The Morgan fingerprint density at radius 2 is 1.91 bits per heavy atom. The second-order valence-corrected chi connectivity index (χ2v) is 13.1. The minimum Gasteiger partial charge on any atom is -0.481 e. The van der Waals surface area contributed by atoms with Crippen LogP contribution in [0.5, 0.6) is 0 Å². The number of aryl methyl sites for hydroxylation is 1. The second-order valence-electron chi connectivity index (χ2n) is 11.2. The highest BCUT2D eigenvalue weighted by Crippen LogP contribution is 2.36. The van der Waals surface area contributed by atoms with E-state index in [0.29, 0.717) is 41.2 Å². The van der Waals surface area contributed by atoms with Crippen LogP contribution in [0.2, 0.25) is 0 Å². The number of aromatic nitrogens is 4. The number of rotatable bonds is 6. The van der Waals surface area contributed by atoms with Crippen molar-refractivity contribution in [1.82, 2.24) is 28.8 Å². The van der Waals surface area contributed by atoms with Gasteiger partial charge in [-0.05, 0) is 54.4 Å². The molecule has 1 aromatic carbocycles. The smallest absolute Gasteiger partial charge is 0.452 e. The van der Waals surface area contributed by atoms with Gasteiger partial charge >= 0.3 is 12.1 Å². The summed E-state index contributed by atoms with van der Waals surface area (Å²) in [6.07, 6.45) is -2.27. The average Bonchev–Trinajstić information content (AvgIpc) is 3.39. The van der Waals surface area contributed by atoms with Gasteiger partial charge in [0.15, 0.2) is 5.65 Å². The quantitative estimate of drug-likeness (QED) is 0.342. The molecule has 15 heteroatoms. The zero-order chi connectivity index (χ0) is 31.4. The van der Waals surface area contributed by atoms with Crippen LogP contribution in [-0.2, 0) is 27.5 Å². The Morgan fingerprint density at radius 3 is 2.66 bits per heavy atom. The lowest BCUT2D eigenvalue weighted by Gasteiger charge is -2.40. The van der Waals surface area contributed by atoms with E-state index >= 15 is 0 Å². The number of halogens is 3. The topological polar surface area (TPSA) is 124 Å². The van der Waals surface area contributed by atoms with Crippen molar-refractivity contribution >= 4 is 27.5 Å². The van der Waals surface area contributed by atoms with Crippen LogP contribution in [0.1, 0.15) is 40.4 Å². The summed E-state index contributed by atoms with van der Waals surface area (Å²) >= 11 is 0. The van der Waals surface area contributed by atoms with Gasteiger partial charge in [-0.3, -0.25) is 9.20 Å². The van der Waals surface area contributed by atoms with E-state index < -0.39 is 33.9 Å². The first-order valence-electron chi connectivity index (χ1n) is 14.0. The van der Waals surface area contributed by atoms with Crippen molar-refractivity contribution in [2.45, 2.75) is 42.9 Å². The monoisotopic (exact) mass is 629 g/mol.